The first kappa shape index (κ1) is 19.1. The molecular formula is C15H22N4O3S3. The molecule has 138 valence electrons. The van der Waals surface area contributed by atoms with Crippen LogP contribution in [0, 0.1) is 0 Å². The van der Waals surface area contributed by atoms with Crippen LogP contribution in [0.5, 0.6) is 0 Å². The molecular weight excluding hydrogens is 380 g/mol. The van der Waals surface area contributed by atoms with Gasteiger partial charge in [-0.3, -0.25) is 14.7 Å². The molecule has 0 saturated carbocycles. The van der Waals surface area contributed by atoms with Crippen LogP contribution in [0.1, 0.15) is 27.7 Å². The number of nitrogens with zero attached hydrogens (tertiary/aromatic N) is 3. The number of ether oxygens (including phenoxy) is 1. The van der Waals surface area contributed by atoms with Crippen molar-refractivity contribution < 1.29 is 14.3 Å². The van der Waals surface area contributed by atoms with Crippen molar-refractivity contribution in [2.45, 2.75) is 44.7 Å². The normalized spacial score (nSPS) is 27.2. The van der Waals surface area contributed by atoms with Crippen LogP contribution in [0.15, 0.2) is 16.3 Å². The Balaban J connectivity index is 1.79. The quantitative estimate of drug-likeness (QED) is 0.433. The summed E-state index contributed by atoms with van der Waals surface area (Å²) in [4.78, 5) is 30.8. The lowest BCUT2D eigenvalue weighted by Gasteiger charge is -2.48. The van der Waals surface area contributed by atoms with Crippen LogP contribution in [-0.2, 0) is 14.3 Å². The predicted molar refractivity (Wildman–Crippen MR) is 104 cm³/mol. The number of thioether (sulfide) groups is 1. The van der Waals surface area contributed by atoms with Crippen molar-refractivity contribution in [2.75, 3.05) is 18.2 Å². The average molecular weight is 403 g/mol. The van der Waals surface area contributed by atoms with Gasteiger partial charge in [-0.05, 0) is 45.2 Å². The van der Waals surface area contributed by atoms with Crippen LogP contribution in [0.3, 0.4) is 0 Å². The molecule has 2 atom stereocenters. The zero-order valence-corrected chi connectivity index (χ0v) is 17.1. The monoisotopic (exact) mass is 402 g/mol. The summed E-state index contributed by atoms with van der Waals surface area (Å²) in [5.74, 6) is 0.621. The number of hydrogen-bond donors (Lipinski definition) is 1. The van der Waals surface area contributed by atoms with Gasteiger partial charge in [0.2, 0.25) is 5.91 Å². The lowest BCUT2D eigenvalue weighted by molar-refractivity contribution is -0.157. The van der Waals surface area contributed by atoms with E-state index in [0.29, 0.717) is 23.9 Å². The standard InChI is InChI=1S/C15H22N4O3S3/c1-8-17-7-18(25-8)24-6-9-5-23-13-10(16)12(20)19(13)11(9)14(21)22-15(2,3)4/h10,13H,5-7,16H2,1-4H3/t10?,13-/m0/s1. The lowest BCUT2D eigenvalue weighted by Crippen LogP contribution is -2.68. The molecule has 0 radical (unpaired) electrons. The molecule has 3 aliphatic heterocycles. The second-order valence-electron chi connectivity index (χ2n) is 6.91. The number of nitrogens with two attached hydrogens (primary N) is 1. The van der Waals surface area contributed by atoms with Crippen molar-refractivity contribution in [1.29, 1.82) is 0 Å². The zero-order valence-electron chi connectivity index (χ0n) is 14.6. The molecule has 0 aromatic carbocycles. The summed E-state index contributed by atoms with van der Waals surface area (Å²) in [6, 6.07) is -0.540. The van der Waals surface area contributed by atoms with Crippen LogP contribution in [0.25, 0.3) is 0 Å². The minimum atomic E-state index is -0.617. The van der Waals surface area contributed by atoms with E-state index in [1.165, 1.54) is 4.90 Å². The van der Waals surface area contributed by atoms with Gasteiger partial charge in [0.1, 0.15) is 29.4 Å². The van der Waals surface area contributed by atoms with Gasteiger partial charge in [-0.1, -0.05) is 11.9 Å². The Morgan fingerprint density at radius 2 is 2.20 bits per heavy atom. The number of esters is 1. The van der Waals surface area contributed by atoms with Gasteiger partial charge in [-0.2, -0.15) is 3.71 Å². The molecule has 1 unspecified atom stereocenters. The molecule has 0 bridgehead atoms. The van der Waals surface area contributed by atoms with Gasteiger partial charge >= 0.3 is 5.97 Å². The molecule has 0 aliphatic carbocycles. The van der Waals surface area contributed by atoms with Gasteiger partial charge in [0, 0.05) is 11.5 Å². The van der Waals surface area contributed by atoms with Crippen molar-refractivity contribution in [3.8, 4) is 0 Å². The summed E-state index contributed by atoms with van der Waals surface area (Å²) < 4.78 is 7.61. The molecule has 0 aromatic rings. The summed E-state index contributed by atoms with van der Waals surface area (Å²) >= 11 is 4.79. The van der Waals surface area contributed by atoms with Crippen LogP contribution >= 0.6 is 35.7 Å². The van der Waals surface area contributed by atoms with Gasteiger partial charge in [-0.15, -0.1) is 11.8 Å². The third-order valence-electron chi connectivity index (χ3n) is 3.71. The summed E-state index contributed by atoms with van der Waals surface area (Å²) in [7, 11) is 0. The van der Waals surface area contributed by atoms with Gasteiger partial charge in [0.05, 0.1) is 5.04 Å². The Bertz CT molecular complexity index is 659. The van der Waals surface area contributed by atoms with Crippen LogP contribution < -0.4 is 5.73 Å². The Morgan fingerprint density at radius 1 is 1.48 bits per heavy atom. The van der Waals surface area contributed by atoms with Gasteiger partial charge < -0.3 is 10.5 Å². The smallest absolute Gasteiger partial charge is 0.355 e. The number of rotatable bonds is 4. The number of fused-ring (bicyclic) bond motifs is 1. The molecule has 2 N–H and O–H groups in total. The van der Waals surface area contributed by atoms with Crippen molar-refractivity contribution in [1.82, 2.24) is 8.61 Å². The largest absolute Gasteiger partial charge is 0.455 e. The van der Waals surface area contributed by atoms with Crippen LogP contribution in [0.4, 0.5) is 0 Å². The third kappa shape index (κ3) is 4.02. The van der Waals surface area contributed by atoms with Gasteiger partial charge in [0.25, 0.3) is 0 Å². The molecule has 25 heavy (non-hydrogen) atoms. The molecule has 3 aliphatic rings. The van der Waals surface area contributed by atoms with E-state index in [-0.39, 0.29) is 11.3 Å². The predicted octanol–water partition coefficient (Wildman–Crippen LogP) is 1.81. The fourth-order valence-electron chi connectivity index (χ4n) is 2.59. The molecule has 7 nitrogen and oxygen atoms in total. The first-order chi connectivity index (χ1) is 11.7. The maximum absolute atomic E-state index is 12.7. The molecule has 1 saturated heterocycles. The van der Waals surface area contributed by atoms with E-state index in [0.717, 1.165) is 10.6 Å². The minimum Gasteiger partial charge on any atom is -0.455 e. The minimum absolute atomic E-state index is 0.171. The van der Waals surface area contributed by atoms with Crippen LogP contribution in [0.2, 0.25) is 0 Å². The lowest BCUT2D eigenvalue weighted by atomic mass is 10.0. The summed E-state index contributed by atoms with van der Waals surface area (Å²) in [6.07, 6.45) is 0. The highest BCUT2D eigenvalue weighted by atomic mass is 32.2. The van der Waals surface area contributed by atoms with E-state index < -0.39 is 17.6 Å². The molecule has 1 amide bonds. The summed E-state index contributed by atoms with van der Waals surface area (Å²) in [5.41, 5.74) is 6.55. The first-order valence-electron chi connectivity index (χ1n) is 7.92. The maximum Gasteiger partial charge on any atom is 0.355 e. The number of aliphatic imine (C=N–C) groups is 1. The SMILES string of the molecule is CC1=NCN(SCC2=C(C(=O)OC(C)(C)C)N3C(=O)C(N)[C@@H]3SC2)S1. The Kier molecular flexibility index (Phi) is 5.46. The average Bonchev–Trinajstić information content (AvgIpc) is 2.95. The first-order valence-corrected chi connectivity index (χ1v) is 10.7. The number of carbonyl (C=O) groups excluding carboxylic acids is 2. The van der Waals surface area contributed by atoms with E-state index in [4.69, 9.17) is 10.5 Å². The van der Waals surface area contributed by atoms with Crippen molar-refractivity contribution in [3.05, 3.63) is 11.3 Å². The van der Waals surface area contributed by atoms with E-state index in [1.54, 1.807) is 35.7 Å². The second-order valence-corrected chi connectivity index (χ2v) is 10.4. The fraction of sp³-hybridized carbons (Fsp3) is 0.667. The Morgan fingerprint density at radius 3 is 2.80 bits per heavy atom. The number of carbonyl (C=O) groups is 2. The number of hydrogen-bond acceptors (Lipinski definition) is 9. The van der Waals surface area contributed by atoms with Gasteiger partial charge in [-0.25, -0.2) is 4.79 Å². The zero-order chi connectivity index (χ0) is 18.4. The topological polar surface area (TPSA) is 88.2 Å². The van der Waals surface area contributed by atoms with E-state index in [9.17, 15) is 9.59 Å². The van der Waals surface area contributed by atoms with Crippen molar-refractivity contribution in [3.63, 3.8) is 0 Å². The molecule has 1 fully saturated rings. The molecule has 0 spiro atoms. The Hall–Kier alpha value is -0.680. The van der Waals surface area contributed by atoms with Crippen molar-refractivity contribution in [2.24, 2.45) is 10.7 Å². The number of amides is 1. The molecule has 3 heterocycles. The molecule has 10 heteroatoms. The highest BCUT2D eigenvalue weighted by Crippen LogP contribution is 2.41. The summed E-state index contributed by atoms with van der Waals surface area (Å²) in [5, 5.41) is 0.853. The van der Waals surface area contributed by atoms with E-state index in [1.807, 2.05) is 27.7 Å². The highest BCUT2D eigenvalue weighted by Gasteiger charge is 2.52. The molecule has 0 aromatic heterocycles. The van der Waals surface area contributed by atoms with E-state index in [2.05, 4.69) is 8.70 Å². The Labute approximate surface area is 160 Å². The third-order valence-corrected chi connectivity index (χ3v) is 7.20. The fourth-order valence-corrected chi connectivity index (χ4v) is 5.90. The van der Waals surface area contributed by atoms with Crippen LogP contribution in [-0.4, -0.2) is 60.7 Å². The van der Waals surface area contributed by atoms with Crippen molar-refractivity contribution >= 4 is 52.6 Å². The number of β-lactam (4-membered cyclic amide) rings is 1. The second kappa shape index (κ2) is 7.15. The maximum atomic E-state index is 12.7. The van der Waals surface area contributed by atoms with Gasteiger partial charge in [0.15, 0.2) is 0 Å². The highest BCUT2D eigenvalue weighted by molar-refractivity contribution is 8.20. The molecule has 3 rings (SSSR count). The summed E-state index contributed by atoms with van der Waals surface area (Å²) in [6.45, 7) is 8.05. The van der Waals surface area contributed by atoms with E-state index >= 15 is 0 Å².